The average molecular weight is 299 g/mol. The van der Waals surface area contributed by atoms with Crippen LogP contribution in [-0.4, -0.2) is 35.7 Å². The maximum Gasteiger partial charge on any atom is 0.262 e. The topological polar surface area (TPSA) is 67.6 Å². The first kappa shape index (κ1) is 13.3. The van der Waals surface area contributed by atoms with Gasteiger partial charge in [0.25, 0.3) is 5.91 Å². The monoisotopic (exact) mass is 299 g/mol. The number of benzene rings is 1. The number of carbonyl (C=O) groups is 1. The molecule has 2 aliphatic heterocycles. The molecular formula is C16H17N3O3. The Kier molecular flexibility index (Phi) is 3.31. The fourth-order valence-corrected chi connectivity index (χ4v) is 3.14. The van der Waals surface area contributed by atoms with E-state index in [0.717, 1.165) is 43.2 Å². The summed E-state index contributed by atoms with van der Waals surface area (Å²) in [6, 6.07) is 7.92. The third-order valence-corrected chi connectivity index (χ3v) is 4.23. The van der Waals surface area contributed by atoms with Crippen LogP contribution in [0.3, 0.4) is 0 Å². The molecule has 1 unspecified atom stereocenters. The van der Waals surface area contributed by atoms with E-state index in [1.165, 1.54) is 5.56 Å². The number of fused-ring (bicyclic) bond motifs is 1. The van der Waals surface area contributed by atoms with Gasteiger partial charge in [0.1, 0.15) is 12.0 Å². The van der Waals surface area contributed by atoms with Crippen LogP contribution < -0.4 is 10.1 Å². The van der Waals surface area contributed by atoms with Gasteiger partial charge in [0.2, 0.25) is 0 Å². The second-order valence-electron chi connectivity index (χ2n) is 5.81. The molecule has 3 heterocycles. The molecule has 0 aliphatic carbocycles. The number of likely N-dealkylation sites (tertiary alicyclic amines) is 1. The standard InChI is InChI=1S/C16H17N3O3/c20-16-10-21-15-2-1-11(7-14(15)17-16)8-19-5-3-12(9-19)13-4-6-22-18-13/h1-2,4,6-7,12H,3,5,8-10H2,(H,17,20). The summed E-state index contributed by atoms with van der Waals surface area (Å²) in [5.41, 5.74) is 2.97. The third kappa shape index (κ3) is 2.57. The summed E-state index contributed by atoms with van der Waals surface area (Å²) in [4.78, 5) is 13.8. The van der Waals surface area contributed by atoms with E-state index in [1.807, 2.05) is 18.2 Å². The Bertz CT molecular complexity index is 684. The van der Waals surface area contributed by atoms with Crippen molar-refractivity contribution in [2.45, 2.75) is 18.9 Å². The highest BCUT2D eigenvalue weighted by molar-refractivity contribution is 5.95. The van der Waals surface area contributed by atoms with Crippen molar-refractivity contribution in [3.8, 4) is 5.75 Å². The number of nitrogens with zero attached hydrogens (tertiary/aromatic N) is 2. The molecule has 4 rings (SSSR count). The molecule has 1 amide bonds. The van der Waals surface area contributed by atoms with Gasteiger partial charge in [-0.25, -0.2) is 0 Å². The number of amides is 1. The summed E-state index contributed by atoms with van der Waals surface area (Å²) in [5, 5.41) is 6.89. The van der Waals surface area contributed by atoms with Crippen LogP contribution in [0.15, 0.2) is 35.1 Å². The highest BCUT2D eigenvalue weighted by Gasteiger charge is 2.26. The lowest BCUT2D eigenvalue weighted by molar-refractivity contribution is -0.118. The molecule has 1 fully saturated rings. The molecule has 1 saturated heterocycles. The smallest absolute Gasteiger partial charge is 0.262 e. The zero-order valence-corrected chi connectivity index (χ0v) is 12.1. The molecule has 114 valence electrons. The van der Waals surface area contributed by atoms with Gasteiger partial charge in [-0.05, 0) is 30.7 Å². The Labute approximate surface area is 128 Å². The van der Waals surface area contributed by atoms with Crippen LogP contribution >= 0.6 is 0 Å². The van der Waals surface area contributed by atoms with Crippen molar-refractivity contribution in [1.29, 1.82) is 0 Å². The molecule has 1 aromatic heterocycles. The van der Waals surface area contributed by atoms with Crippen molar-refractivity contribution in [3.63, 3.8) is 0 Å². The minimum Gasteiger partial charge on any atom is -0.482 e. The van der Waals surface area contributed by atoms with Gasteiger partial charge in [0.05, 0.1) is 11.4 Å². The van der Waals surface area contributed by atoms with Crippen molar-refractivity contribution < 1.29 is 14.1 Å². The molecule has 2 aromatic rings. The van der Waals surface area contributed by atoms with Crippen LogP contribution in [0.5, 0.6) is 5.75 Å². The molecule has 6 nitrogen and oxygen atoms in total. The van der Waals surface area contributed by atoms with Crippen LogP contribution in [0, 0.1) is 0 Å². The quantitative estimate of drug-likeness (QED) is 0.939. The zero-order valence-electron chi connectivity index (χ0n) is 12.1. The van der Waals surface area contributed by atoms with Crippen LogP contribution in [0.4, 0.5) is 5.69 Å². The number of rotatable bonds is 3. The highest BCUT2D eigenvalue weighted by atomic mass is 16.5. The predicted molar refractivity (Wildman–Crippen MR) is 79.7 cm³/mol. The Morgan fingerprint density at radius 2 is 2.32 bits per heavy atom. The lowest BCUT2D eigenvalue weighted by Crippen LogP contribution is -2.26. The SMILES string of the molecule is O=C1COc2ccc(CN3CCC(c4ccon4)C3)cc2N1. The number of nitrogens with one attached hydrogen (secondary N) is 1. The normalized spacial score (nSPS) is 21.3. The van der Waals surface area contributed by atoms with Crippen molar-refractivity contribution in [2.75, 3.05) is 25.0 Å². The summed E-state index contributed by atoms with van der Waals surface area (Å²) < 4.78 is 10.3. The van der Waals surface area contributed by atoms with Gasteiger partial charge in [0, 0.05) is 25.1 Å². The molecule has 1 atom stereocenters. The number of anilines is 1. The van der Waals surface area contributed by atoms with Gasteiger partial charge in [-0.1, -0.05) is 11.2 Å². The summed E-state index contributed by atoms with van der Waals surface area (Å²) in [5.74, 6) is 1.08. The van der Waals surface area contributed by atoms with Gasteiger partial charge < -0.3 is 14.6 Å². The number of carbonyl (C=O) groups excluding carboxylic acids is 1. The second kappa shape index (κ2) is 5.46. The van der Waals surface area contributed by atoms with Crippen LogP contribution in [0.2, 0.25) is 0 Å². The summed E-state index contributed by atoms with van der Waals surface area (Å²) in [6.07, 6.45) is 2.72. The fourth-order valence-electron chi connectivity index (χ4n) is 3.14. The number of hydrogen-bond acceptors (Lipinski definition) is 5. The summed E-state index contributed by atoms with van der Waals surface area (Å²) >= 11 is 0. The minimum absolute atomic E-state index is 0.0951. The minimum atomic E-state index is -0.100. The molecular weight excluding hydrogens is 282 g/mol. The van der Waals surface area contributed by atoms with E-state index in [0.29, 0.717) is 5.92 Å². The zero-order chi connectivity index (χ0) is 14.9. The van der Waals surface area contributed by atoms with E-state index >= 15 is 0 Å². The molecule has 0 radical (unpaired) electrons. The van der Waals surface area contributed by atoms with Crippen LogP contribution in [-0.2, 0) is 11.3 Å². The van der Waals surface area contributed by atoms with Gasteiger partial charge in [0.15, 0.2) is 6.61 Å². The Balaban J connectivity index is 1.44. The molecule has 0 spiro atoms. The van der Waals surface area contributed by atoms with Gasteiger partial charge in [-0.2, -0.15) is 0 Å². The molecule has 22 heavy (non-hydrogen) atoms. The predicted octanol–water partition coefficient (Wildman–Crippen LogP) is 1.99. The van der Waals surface area contributed by atoms with E-state index in [9.17, 15) is 4.79 Å². The van der Waals surface area contributed by atoms with Crippen LogP contribution in [0.1, 0.15) is 23.6 Å². The molecule has 1 N–H and O–H groups in total. The van der Waals surface area contributed by atoms with E-state index in [-0.39, 0.29) is 12.5 Å². The summed E-state index contributed by atoms with van der Waals surface area (Å²) in [7, 11) is 0. The molecule has 1 aromatic carbocycles. The van der Waals surface area contributed by atoms with Gasteiger partial charge in [-0.15, -0.1) is 0 Å². The number of ether oxygens (including phenoxy) is 1. The maximum atomic E-state index is 11.4. The number of hydrogen-bond donors (Lipinski definition) is 1. The van der Waals surface area contributed by atoms with Crippen molar-refractivity contribution in [2.24, 2.45) is 0 Å². The maximum absolute atomic E-state index is 11.4. The fraction of sp³-hybridized carbons (Fsp3) is 0.375. The number of aromatic nitrogens is 1. The van der Waals surface area contributed by atoms with Gasteiger partial charge >= 0.3 is 0 Å². The lowest BCUT2D eigenvalue weighted by Gasteiger charge is -2.20. The molecule has 0 bridgehead atoms. The first-order valence-corrected chi connectivity index (χ1v) is 7.46. The molecule has 6 heteroatoms. The molecule has 0 saturated carbocycles. The van der Waals surface area contributed by atoms with Crippen molar-refractivity contribution >= 4 is 11.6 Å². The highest BCUT2D eigenvalue weighted by Crippen LogP contribution is 2.31. The average Bonchev–Trinajstić information content (AvgIpc) is 3.17. The van der Waals surface area contributed by atoms with E-state index in [2.05, 4.69) is 21.4 Å². The largest absolute Gasteiger partial charge is 0.482 e. The Morgan fingerprint density at radius 1 is 1.36 bits per heavy atom. The Morgan fingerprint density at radius 3 is 3.18 bits per heavy atom. The lowest BCUT2D eigenvalue weighted by atomic mass is 10.1. The van der Waals surface area contributed by atoms with Crippen LogP contribution in [0.25, 0.3) is 0 Å². The van der Waals surface area contributed by atoms with Gasteiger partial charge in [-0.3, -0.25) is 9.69 Å². The van der Waals surface area contributed by atoms with E-state index < -0.39 is 0 Å². The first-order valence-electron chi connectivity index (χ1n) is 7.46. The third-order valence-electron chi connectivity index (χ3n) is 4.23. The first-order chi connectivity index (χ1) is 10.8. The Hall–Kier alpha value is -2.34. The molecule has 2 aliphatic rings. The second-order valence-corrected chi connectivity index (χ2v) is 5.81. The van der Waals surface area contributed by atoms with Crippen molar-refractivity contribution in [1.82, 2.24) is 10.1 Å². The van der Waals surface area contributed by atoms with Crippen molar-refractivity contribution in [3.05, 3.63) is 41.8 Å². The van der Waals surface area contributed by atoms with E-state index in [1.54, 1.807) is 6.26 Å². The van der Waals surface area contributed by atoms with E-state index in [4.69, 9.17) is 9.26 Å². The summed E-state index contributed by atoms with van der Waals surface area (Å²) in [6.45, 7) is 2.97.